The Morgan fingerprint density at radius 2 is 1.48 bits per heavy atom. The summed E-state index contributed by atoms with van der Waals surface area (Å²) in [5.41, 5.74) is 3.63. The number of hydrogen-bond donors (Lipinski definition) is 0. The van der Waals surface area contributed by atoms with Gasteiger partial charge in [-0.05, 0) is 55.4 Å². The first-order chi connectivity index (χ1) is 10.3. The maximum Gasteiger partial charge on any atom is 0.0991 e. The van der Waals surface area contributed by atoms with Crippen LogP contribution in [0.5, 0.6) is 0 Å². The molecular formula is C21H32N2. The molecule has 1 aliphatic rings. The van der Waals surface area contributed by atoms with Crippen LogP contribution >= 0.6 is 0 Å². The molecule has 0 radical (unpaired) electrons. The van der Waals surface area contributed by atoms with Crippen LogP contribution in [0, 0.1) is 22.2 Å². The van der Waals surface area contributed by atoms with Crippen molar-refractivity contribution in [2.45, 2.75) is 73.3 Å². The third kappa shape index (κ3) is 2.55. The molecule has 0 fully saturated rings. The zero-order chi connectivity index (χ0) is 17.8. The Morgan fingerprint density at radius 1 is 0.957 bits per heavy atom. The largest absolute Gasteiger partial charge is 0.366 e. The van der Waals surface area contributed by atoms with Crippen molar-refractivity contribution in [1.82, 2.24) is 0 Å². The molecule has 0 bridgehead atoms. The third-order valence-electron chi connectivity index (χ3n) is 5.64. The molecule has 0 saturated heterocycles. The molecule has 0 aliphatic carbocycles. The molecule has 1 aliphatic heterocycles. The molecule has 0 N–H and O–H groups in total. The van der Waals surface area contributed by atoms with Gasteiger partial charge >= 0.3 is 0 Å². The van der Waals surface area contributed by atoms with Crippen molar-refractivity contribution >= 4 is 5.69 Å². The van der Waals surface area contributed by atoms with E-state index in [9.17, 15) is 5.26 Å². The minimum Gasteiger partial charge on any atom is -0.366 e. The van der Waals surface area contributed by atoms with E-state index < -0.39 is 0 Å². The van der Waals surface area contributed by atoms with E-state index in [1.165, 1.54) is 11.3 Å². The molecule has 0 aromatic heterocycles. The molecule has 1 aromatic rings. The Morgan fingerprint density at radius 3 is 1.87 bits per heavy atom. The van der Waals surface area contributed by atoms with E-state index in [0.29, 0.717) is 0 Å². The first-order valence-corrected chi connectivity index (χ1v) is 8.58. The number of rotatable bonds is 0. The number of nitrogens with zero attached hydrogens (tertiary/aromatic N) is 2. The van der Waals surface area contributed by atoms with E-state index in [1.807, 2.05) is 6.07 Å². The van der Waals surface area contributed by atoms with E-state index in [4.69, 9.17) is 0 Å². The Kier molecular flexibility index (Phi) is 3.88. The molecule has 0 amide bonds. The van der Waals surface area contributed by atoms with Gasteiger partial charge in [0.2, 0.25) is 0 Å². The predicted octanol–water partition coefficient (Wildman–Crippen LogP) is 5.51. The van der Waals surface area contributed by atoms with Crippen molar-refractivity contribution in [2.24, 2.45) is 10.8 Å². The normalized spacial score (nSPS) is 17.8. The fourth-order valence-corrected chi connectivity index (χ4v) is 4.60. The highest BCUT2D eigenvalue weighted by atomic mass is 15.2. The fraction of sp³-hybridized carbons (Fsp3) is 0.667. The highest BCUT2D eigenvalue weighted by Crippen LogP contribution is 2.60. The van der Waals surface area contributed by atoms with Crippen LogP contribution in [-0.4, -0.2) is 12.1 Å². The Balaban J connectivity index is 2.86. The van der Waals surface area contributed by atoms with Gasteiger partial charge in [-0.25, -0.2) is 0 Å². The molecule has 23 heavy (non-hydrogen) atoms. The van der Waals surface area contributed by atoms with Crippen LogP contribution in [0.1, 0.15) is 73.4 Å². The highest BCUT2D eigenvalue weighted by Gasteiger charge is 2.58. The van der Waals surface area contributed by atoms with Crippen molar-refractivity contribution < 1.29 is 0 Å². The number of nitriles is 1. The van der Waals surface area contributed by atoms with Gasteiger partial charge in [0, 0.05) is 23.2 Å². The van der Waals surface area contributed by atoms with Gasteiger partial charge in [-0.15, -0.1) is 0 Å². The summed E-state index contributed by atoms with van der Waals surface area (Å²) in [4.78, 5) is 2.53. The number of benzene rings is 1. The van der Waals surface area contributed by atoms with E-state index in [2.05, 4.69) is 85.4 Å². The summed E-state index contributed by atoms with van der Waals surface area (Å²) >= 11 is 0. The SMILES string of the molecule is CC(C)(C)N1CC(C(C)(C)C)(C(C)(C)C)c2cc(C#N)ccc21. The van der Waals surface area contributed by atoms with E-state index in [-0.39, 0.29) is 21.8 Å². The second-order valence-corrected chi connectivity index (χ2v) is 10.0. The molecule has 2 rings (SSSR count). The average Bonchev–Trinajstić information content (AvgIpc) is 2.72. The average molecular weight is 313 g/mol. The Labute approximate surface area is 142 Å². The van der Waals surface area contributed by atoms with Gasteiger partial charge < -0.3 is 4.90 Å². The summed E-state index contributed by atoms with van der Waals surface area (Å²) in [5, 5.41) is 9.41. The lowest BCUT2D eigenvalue weighted by molar-refractivity contribution is 0.0636. The third-order valence-corrected chi connectivity index (χ3v) is 5.64. The lowest BCUT2D eigenvalue weighted by Gasteiger charge is -2.52. The Hall–Kier alpha value is -1.49. The number of fused-ring (bicyclic) bond motifs is 1. The van der Waals surface area contributed by atoms with Gasteiger partial charge in [-0.1, -0.05) is 41.5 Å². The van der Waals surface area contributed by atoms with Crippen LogP contribution in [-0.2, 0) is 5.41 Å². The van der Waals surface area contributed by atoms with Crippen molar-refractivity contribution in [3.05, 3.63) is 29.3 Å². The van der Waals surface area contributed by atoms with Crippen LogP contribution < -0.4 is 4.90 Å². The summed E-state index contributed by atoms with van der Waals surface area (Å²) in [6, 6.07) is 8.58. The minimum absolute atomic E-state index is 0.00449. The molecule has 2 heteroatoms. The zero-order valence-corrected chi connectivity index (χ0v) is 16.3. The van der Waals surface area contributed by atoms with Crippen LogP contribution in [0.3, 0.4) is 0 Å². The van der Waals surface area contributed by atoms with Gasteiger partial charge in [0.15, 0.2) is 0 Å². The van der Waals surface area contributed by atoms with Gasteiger partial charge in [-0.2, -0.15) is 5.26 Å². The molecule has 0 atom stereocenters. The molecule has 0 unspecified atom stereocenters. The predicted molar refractivity (Wildman–Crippen MR) is 98.8 cm³/mol. The standard InChI is InChI=1S/C21H32N2/c1-18(2,3)21(19(4,5)6)14-23(20(7,8)9)17-11-10-15(13-22)12-16(17)21/h10-12H,14H2,1-9H3. The second-order valence-electron chi connectivity index (χ2n) is 10.0. The quantitative estimate of drug-likeness (QED) is 0.632. The number of anilines is 1. The molecule has 1 aromatic carbocycles. The molecule has 126 valence electrons. The van der Waals surface area contributed by atoms with Gasteiger partial charge in [0.1, 0.15) is 0 Å². The summed E-state index contributed by atoms with van der Waals surface area (Å²) in [5.74, 6) is 0. The zero-order valence-electron chi connectivity index (χ0n) is 16.3. The lowest BCUT2D eigenvalue weighted by atomic mass is 9.52. The van der Waals surface area contributed by atoms with E-state index in [0.717, 1.165) is 12.1 Å². The van der Waals surface area contributed by atoms with Crippen molar-refractivity contribution in [3.63, 3.8) is 0 Å². The van der Waals surface area contributed by atoms with E-state index >= 15 is 0 Å². The maximum absolute atomic E-state index is 9.41. The summed E-state index contributed by atoms with van der Waals surface area (Å²) in [6.07, 6.45) is 0. The molecule has 2 nitrogen and oxygen atoms in total. The topological polar surface area (TPSA) is 27.0 Å². The number of hydrogen-bond acceptors (Lipinski definition) is 2. The van der Waals surface area contributed by atoms with Crippen LogP contribution in [0.2, 0.25) is 0 Å². The smallest absolute Gasteiger partial charge is 0.0991 e. The molecule has 1 heterocycles. The van der Waals surface area contributed by atoms with Crippen molar-refractivity contribution in [3.8, 4) is 6.07 Å². The summed E-state index contributed by atoms with van der Waals surface area (Å²) in [6.45, 7) is 21.9. The van der Waals surface area contributed by atoms with Gasteiger partial charge in [-0.3, -0.25) is 0 Å². The molecule has 0 spiro atoms. The van der Waals surface area contributed by atoms with Gasteiger partial charge in [0.05, 0.1) is 11.6 Å². The Bertz CT molecular complexity index is 628. The second kappa shape index (κ2) is 5.00. The molecule has 0 saturated carbocycles. The van der Waals surface area contributed by atoms with Crippen molar-refractivity contribution in [2.75, 3.05) is 11.4 Å². The first-order valence-electron chi connectivity index (χ1n) is 8.58. The summed E-state index contributed by atoms with van der Waals surface area (Å²) < 4.78 is 0. The maximum atomic E-state index is 9.41. The van der Waals surface area contributed by atoms with Crippen molar-refractivity contribution in [1.29, 1.82) is 5.26 Å². The monoisotopic (exact) mass is 312 g/mol. The highest BCUT2D eigenvalue weighted by molar-refractivity contribution is 5.67. The lowest BCUT2D eigenvalue weighted by Crippen LogP contribution is -2.55. The fourth-order valence-electron chi connectivity index (χ4n) is 4.60. The van der Waals surface area contributed by atoms with Gasteiger partial charge in [0.25, 0.3) is 0 Å². The van der Waals surface area contributed by atoms with Crippen LogP contribution in [0.25, 0.3) is 0 Å². The minimum atomic E-state index is -0.00449. The van der Waals surface area contributed by atoms with Crippen LogP contribution in [0.4, 0.5) is 5.69 Å². The van der Waals surface area contributed by atoms with Crippen LogP contribution in [0.15, 0.2) is 18.2 Å². The first kappa shape index (κ1) is 17.9. The summed E-state index contributed by atoms with van der Waals surface area (Å²) in [7, 11) is 0. The molecular weight excluding hydrogens is 280 g/mol. The van der Waals surface area contributed by atoms with E-state index in [1.54, 1.807) is 0 Å².